The van der Waals surface area contributed by atoms with Crippen LogP contribution in [-0.4, -0.2) is 37.8 Å². The van der Waals surface area contributed by atoms with E-state index in [4.69, 9.17) is 4.74 Å². The van der Waals surface area contributed by atoms with Crippen LogP contribution < -0.4 is 0 Å². The van der Waals surface area contributed by atoms with Crippen molar-refractivity contribution >= 4 is 33.2 Å². The fourth-order valence-electron chi connectivity index (χ4n) is 3.34. The van der Waals surface area contributed by atoms with Crippen molar-refractivity contribution < 1.29 is 22.7 Å². The first-order valence-corrected chi connectivity index (χ1v) is 10.7. The van der Waals surface area contributed by atoms with Crippen molar-refractivity contribution in [2.45, 2.75) is 30.6 Å². The molecule has 1 aromatic heterocycles. The maximum Gasteiger partial charge on any atom is 0.348 e. The number of hydrogen-bond acceptors (Lipinski definition) is 6. The van der Waals surface area contributed by atoms with Gasteiger partial charge in [-0.3, -0.25) is 4.79 Å². The fraction of sp³-hybridized carbons (Fsp3) is 0.333. The van der Waals surface area contributed by atoms with E-state index < -0.39 is 21.9 Å². The number of aryl methyl sites for hydroxylation is 2. The molecule has 0 bridgehead atoms. The van der Waals surface area contributed by atoms with Crippen LogP contribution in [0.1, 0.15) is 43.3 Å². The topological polar surface area (TPSA) is 80.8 Å². The largest absolute Gasteiger partial charge is 0.460 e. The van der Waals surface area contributed by atoms with Crippen molar-refractivity contribution in [3.05, 3.63) is 51.2 Å². The second-order valence-corrected chi connectivity index (χ2v) is 9.25. The summed E-state index contributed by atoms with van der Waals surface area (Å²) >= 11 is 1.44. The summed E-state index contributed by atoms with van der Waals surface area (Å²) in [6.07, 6.45) is 4.25. The van der Waals surface area contributed by atoms with Gasteiger partial charge in [-0.1, -0.05) is 12.1 Å². The summed E-state index contributed by atoms with van der Waals surface area (Å²) in [5.74, 6) is -1.05. The smallest absolute Gasteiger partial charge is 0.348 e. The number of nitrogens with zero attached hydrogens (tertiary/aromatic N) is 1. The van der Waals surface area contributed by atoms with E-state index in [1.54, 1.807) is 12.1 Å². The summed E-state index contributed by atoms with van der Waals surface area (Å²) in [5, 5.41) is 0. The zero-order valence-corrected chi connectivity index (χ0v) is 15.6. The molecule has 0 saturated carbocycles. The maximum absolute atomic E-state index is 12.4. The number of sulfonamides is 1. The molecule has 6 nitrogen and oxygen atoms in total. The molecular formula is C18H17NO5S2. The predicted octanol–water partition coefficient (Wildman–Crippen LogP) is 2.63. The number of benzene rings is 1. The average Bonchev–Trinajstić information content (AvgIpc) is 3.15. The Kier molecular flexibility index (Phi) is 4.32. The van der Waals surface area contributed by atoms with Crippen LogP contribution in [0.15, 0.2) is 35.2 Å². The lowest BCUT2D eigenvalue weighted by Crippen LogP contribution is -2.33. The third-order valence-electron chi connectivity index (χ3n) is 4.64. The molecule has 0 radical (unpaired) electrons. The highest BCUT2D eigenvalue weighted by Crippen LogP contribution is 2.31. The molecule has 8 heteroatoms. The van der Waals surface area contributed by atoms with Crippen molar-refractivity contribution in [3.8, 4) is 0 Å². The monoisotopic (exact) mass is 391 g/mol. The van der Waals surface area contributed by atoms with Crippen LogP contribution in [0.25, 0.3) is 0 Å². The summed E-state index contributed by atoms with van der Waals surface area (Å²) < 4.78 is 30.9. The number of ether oxygens (including phenoxy) is 1. The molecule has 1 aromatic carbocycles. The second-order valence-electron chi connectivity index (χ2n) is 6.28. The molecule has 0 unspecified atom stereocenters. The van der Waals surface area contributed by atoms with E-state index in [2.05, 4.69) is 0 Å². The first kappa shape index (κ1) is 17.2. The van der Waals surface area contributed by atoms with E-state index in [1.807, 2.05) is 6.07 Å². The Morgan fingerprint density at radius 3 is 2.73 bits per heavy atom. The van der Waals surface area contributed by atoms with Gasteiger partial charge in [-0.05, 0) is 49.4 Å². The lowest BCUT2D eigenvalue weighted by atomic mass is 9.99. The van der Waals surface area contributed by atoms with Gasteiger partial charge in [0.15, 0.2) is 0 Å². The van der Waals surface area contributed by atoms with Crippen LogP contribution in [-0.2, 0) is 27.6 Å². The first-order chi connectivity index (χ1) is 12.5. The Morgan fingerprint density at radius 1 is 1.19 bits per heavy atom. The van der Waals surface area contributed by atoms with Crippen LogP contribution in [0.5, 0.6) is 0 Å². The highest BCUT2D eigenvalue weighted by molar-refractivity contribution is 7.90. The molecule has 0 spiro atoms. The zero-order chi connectivity index (χ0) is 18.3. The molecule has 0 N–H and O–H groups in total. The van der Waals surface area contributed by atoms with Gasteiger partial charge in [-0.25, -0.2) is 17.5 Å². The van der Waals surface area contributed by atoms with Gasteiger partial charge in [0.2, 0.25) is 0 Å². The molecule has 4 rings (SSSR count). The van der Waals surface area contributed by atoms with Gasteiger partial charge in [0.05, 0.1) is 12.1 Å². The molecule has 1 amide bonds. The highest BCUT2D eigenvalue weighted by Gasteiger charge is 2.40. The Bertz CT molecular complexity index is 969. The predicted molar refractivity (Wildman–Crippen MR) is 95.9 cm³/mol. The number of esters is 1. The van der Waals surface area contributed by atoms with E-state index in [1.165, 1.54) is 33.9 Å². The molecule has 0 saturated heterocycles. The summed E-state index contributed by atoms with van der Waals surface area (Å²) in [4.78, 5) is 26.3. The number of thiophene rings is 1. The quantitative estimate of drug-likeness (QED) is 0.749. The number of amides is 1. The third kappa shape index (κ3) is 2.83. The lowest BCUT2D eigenvalue weighted by Gasteiger charge is -2.14. The Balaban J connectivity index is 1.41. The molecular weight excluding hydrogens is 374 g/mol. The Morgan fingerprint density at radius 2 is 1.96 bits per heavy atom. The van der Waals surface area contributed by atoms with Gasteiger partial charge >= 0.3 is 5.97 Å². The van der Waals surface area contributed by atoms with E-state index in [0.29, 0.717) is 4.88 Å². The van der Waals surface area contributed by atoms with Gasteiger partial charge in [0.1, 0.15) is 16.4 Å². The zero-order valence-electron chi connectivity index (χ0n) is 13.9. The van der Waals surface area contributed by atoms with Crippen molar-refractivity contribution in [3.63, 3.8) is 0 Å². The van der Waals surface area contributed by atoms with Crippen LogP contribution in [0.2, 0.25) is 0 Å². The number of carbonyl (C=O) groups excluding carboxylic acids is 2. The van der Waals surface area contributed by atoms with Crippen LogP contribution in [0.4, 0.5) is 0 Å². The SMILES string of the molecule is O=C(OCCN1C(=O)c2ccccc2S1(=O)=O)c1cc2c(s1)CCCC2. The molecule has 0 atom stereocenters. The van der Waals surface area contributed by atoms with Crippen LogP contribution in [0.3, 0.4) is 0 Å². The first-order valence-electron chi connectivity index (χ1n) is 8.43. The van der Waals surface area contributed by atoms with E-state index in [0.717, 1.165) is 30.0 Å². The van der Waals surface area contributed by atoms with E-state index in [-0.39, 0.29) is 23.6 Å². The van der Waals surface area contributed by atoms with E-state index in [9.17, 15) is 18.0 Å². The van der Waals surface area contributed by atoms with Gasteiger partial charge < -0.3 is 4.74 Å². The third-order valence-corrected chi connectivity index (χ3v) is 7.69. The van der Waals surface area contributed by atoms with Gasteiger partial charge in [-0.2, -0.15) is 0 Å². The average molecular weight is 391 g/mol. The molecule has 1 aliphatic carbocycles. The summed E-state index contributed by atoms with van der Waals surface area (Å²) in [6.45, 7) is -0.354. The minimum Gasteiger partial charge on any atom is -0.460 e. The molecule has 2 heterocycles. The Labute approximate surface area is 155 Å². The van der Waals surface area contributed by atoms with Crippen LogP contribution >= 0.6 is 11.3 Å². The second kappa shape index (κ2) is 6.51. The molecule has 26 heavy (non-hydrogen) atoms. The van der Waals surface area contributed by atoms with Crippen molar-refractivity contribution in [2.24, 2.45) is 0 Å². The van der Waals surface area contributed by atoms with Gasteiger partial charge in [0.25, 0.3) is 15.9 Å². The number of carbonyl (C=O) groups is 2. The lowest BCUT2D eigenvalue weighted by molar-refractivity contribution is 0.0483. The van der Waals surface area contributed by atoms with Gasteiger partial charge in [0, 0.05) is 4.88 Å². The maximum atomic E-state index is 12.4. The van der Waals surface area contributed by atoms with Crippen molar-refractivity contribution in [2.75, 3.05) is 13.2 Å². The van der Waals surface area contributed by atoms with Crippen LogP contribution in [0, 0.1) is 0 Å². The standard InChI is InChI=1S/C18H17NO5S2/c20-17-13-6-2-4-8-16(13)26(22,23)19(17)9-10-24-18(21)15-11-12-5-1-3-7-14(12)25-15/h2,4,6,8,11H,1,3,5,7,9-10H2. The highest BCUT2D eigenvalue weighted by atomic mass is 32.2. The minimum absolute atomic E-state index is 0.00209. The minimum atomic E-state index is -3.87. The molecule has 136 valence electrons. The summed E-state index contributed by atoms with van der Waals surface area (Å²) in [6, 6.07) is 7.96. The Hall–Kier alpha value is -2.19. The summed E-state index contributed by atoms with van der Waals surface area (Å²) in [7, 11) is -3.87. The molecule has 2 aliphatic rings. The normalized spacial score (nSPS) is 17.7. The van der Waals surface area contributed by atoms with E-state index >= 15 is 0 Å². The molecule has 0 fully saturated rings. The fourth-order valence-corrected chi connectivity index (χ4v) is 6.04. The van der Waals surface area contributed by atoms with Crippen molar-refractivity contribution in [1.82, 2.24) is 4.31 Å². The number of fused-ring (bicyclic) bond motifs is 2. The molecule has 1 aliphatic heterocycles. The number of hydrogen-bond donors (Lipinski definition) is 0. The van der Waals surface area contributed by atoms with Crippen molar-refractivity contribution in [1.29, 1.82) is 0 Å². The van der Waals surface area contributed by atoms with Gasteiger partial charge in [-0.15, -0.1) is 11.3 Å². The summed E-state index contributed by atoms with van der Waals surface area (Å²) in [5.41, 5.74) is 1.37. The molecule has 2 aromatic rings. The number of rotatable bonds is 4.